The van der Waals surface area contributed by atoms with Gasteiger partial charge in [0.25, 0.3) is 0 Å². The standard InChI is InChI=1S/C42H61N3O/c1-9-44-22-24-45(25-23-44)36(46)42-20-18-37(2,3)27-31(42)30-14-15-34-39(6)26-29-28-12-10-11-13-32(28)43-35(29)38(4,5)33(39)16-17-41(34,8)40(30,7)19-21-42/h10-14,31,33-34,43H,9,15-27H2,1-8H3/t31-,33-,34+,39-,40+,41+,42-/m0/s1. The van der Waals surface area contributed by atoms with Crippen LogP contribution in [-0.2, 0) is 16.6 Å². The number of allylic oxidation sites excluding steroid dienone is 2. The van der Waals surface area contributed by atoms with Crippen molar-refractivity contribution in [3.8, 4) is 0 Å². The van der Waals surface area contributed by atoms with Gasteiger partial charge < -0.3 is 14.8 Å². The lowest BCUT2D eigenvalue weighted by atomic mass is 9.33. The lowest BCUT2D eigenvalue weighted by Gasteiger charge is -2.71. The molecule has 0 spiro atoms. The first-order valence-electron chi connectivity index (χ1n) is 19.0. The predicted molar refractivity (Wildman–Crippen MR) is 190 cm³/mol. The quantitative estimate of drug-likeness (QED) is 0.339. The van der Waals surface area contributed by atoms with Crippen LogP contribution in [0.2, 0.25) is 0 Å². The second-order valence-corrected chi connectivity index (χ2v) is 19.0. The number of carbonyl (C=O) groups is 1. The lowest BCUT2D eigenvalue weighted by Crippen LogP contribution is -2.65. The Labute approximate surface area is 279 Å². The Bertz CT molecular complexity index is 1590. The molecule has 1 aromatic heterocycles. The molecule has 5 aliphatic carbocycles. The maximum absolute atomic E-state index is 14.8. The molecule has 2 heterocycles. The lowest BCUT2D eigenvalue weighted by molar-refractivity contribution is -0.173. The topological polar surface area (TPSA) is 39.3 Å². The summed E-state index contributed by atoms with van der Waals surface area (Å²) >= 11 is 0. The van der Waals surface area contributed by atoms with Crippen LogP contribution < -0.4 is 0 Å². The summed E-state index contributed by atoms with van der Waals surface area (Å²) in [5.41, 5.74) is 6.95. The van der Waals surface area contributed by atoms with E-state index in [9.17, 15) is 4.79 Å². The molecule has 0 bridgehead atoms. The third kappa shape index (κ3) is 3.98. The molecule has 3 saturated carbocycles. The molecule has 46 heavy (non-hydrogen) atoms. The SMILES string of the molecule is CCN1CCN(C(=O)[C@]23CCC(C)(C)C[C@H]2C2=CC[C@@H]4[C@@]5(C)Cc6c([nH]c7ccccc67)C(C)(C)[C@@H]5CC[C@@]4(C)[C@]2(C)CC3)CC1. The molecule has 2 aromatic rings. The van der Waals surface area contributed by atoms with Crippen molar-refractivity contribution in [1.82, 2.24) is 14.8 Å². The minimum atomic E-state index is -0.203. The highest BCUT2D eigenvalue weighted by molar-refractivity contribution is 5.86. The van der Waals surface area contributed by atoms with Gasteiger partial charge in [-0.25, -0.2) is 0 Å². The summed E-state index contributed by atoms with van der Waals surface area (Å²) in [6, 6.07) is 9.05. The fourth-order valence-electron chi connectivity index (χ4n) is 13.5. The average molecular weight is 624 g/mol. The van der Waals surface area contributed by atoms with Crippen LogP contribution in [0.15, 0.2) is 35.9 Å². The van der Waals surface area contributed by atoms with E-state index in [1.165, 1.54) is 61.5 Å². The number of piperazine rings is 1. The molecule has 7 atom stereocenters. The van der Waals surface area contributed by atoms with Crippen molar-refractivity contribution in [2.45, 2.75) is 119 Å². The average Bonchev–Trinajstić information content (AvgIpc) is 3.40. The first-order chi connectivity index (χ1) is 21.7. The van der Waals surface area contributed by atoms with Crippen LogP contribution >= 0.6 is 0 Å². The van der Waals surface area contributed by atoms with Gasteiger partial charge in [0, 0.05) is 48.2 Å². The Morgan fingerprint density at radius 2 is 1.61 bits per heavy atom. The Kier molecular flexibility index (Phi) is 6.78. The molecule has 1 saturated heterocycles. The molecule has 1 amide bonds. The zero-order chi connectivity index (χ0) is 32.5. The molecule has 250 valence electrons. The van der Waals surface area contributed by atoms with E-state index in [2.05, 4.69) is 101 Å². The van der Waals surface area contributed by atoms with Gasteiger partial charge in [-0.1, -0.05) is 85.2 Å². The molecular weight excluding hydrogens is 562 g/mol. The summed E-state index contributed by atoms with van der Waals surface area (Å²) in [7, 11) is 0. The van der Waals surface area contributed by atoms with Crippen LogP contribution in [0.4, 0.5) is 0 Å². The van der Waals surface area contributed by atoms with E-state index in [0.29, 0.717) is 23.7 Å². The van der Waals surface area contributed by atoms with Crippen LogP contribution in [0.5, 0.6) is 0 Å². The number of H-pyrrole nitrogens is 1. The summed E-state index contributed by atoms with van der Waals surface area (Å²) in [5.74, 6) is 2.21. The minimum Gasteiger partial charge on any atom is -0.358 e. The van der Waals surface area contributed by atoms with E-state index >= 15 is 0 Å². The number of aromatic nitrogens is 1. The summed E-state index contributed by atoms with van der Waals surface area (Å²) in [4.78, 5) is 23.6. The molecule has 6 aliphatic rings. The molecule has 0 radical (unpaired) electrons. The molecule has 4 nitrogen and oxygen atoms in total. The normalized spacial score (nSPS) is 41.4. The highest BCUT2D eigenvalue weighted by Gasteiger charge is 2.69. The smallest absolute Gasteiger partial charge is 0.229 e. The number of nitrogens with one attached hydrogen (secondary N) is 1. The second-order valence-electron chi connectivity index (χ2n) is 19.0. The Morgan fingerprint density at radius 3 is 2.35 bits per heavy atom. The molecule has 1 aromatic carbocycles. The van der Waals surface area contributed by atoms with Crippen LogP contribution in [0, 0.1) is 44.8 Å². The molecule has 8 rings (SSSR count). The van der Waals surface area contributed by atoms with E-state index in [4.69, 9.17) is 0 Å². The number of likely N-dealkylation sites (N-methyl/N-ethyl adjacent to an activating group) is 1. The number of hydrogen-bond donors (Lipinski definition) is 1. The van der Waals surface area contributed by atoms with Gasteiger partial charge in [0.1, 0.15) is 0 Å². The summed E-state index contributed by atoms with van der Waals surface area (Å²) in [6.07, 6.45) is 13.4. The number of para-hydroxylation sites is 1. The van der Waals surface area contributed by atoms with Crippen LogP contribution in [0.25, 0.3) is 10.9 Å². The van der Waals surface area contributed by atoms with E-state index < -0.39 is 0 Å². The summed E-state index contributed by atoms with van der Waals surface area (Å²) in [5, 5.41) is 1.45. The van der Waals surface area contributed by atoms with E-state index in [0.717, 1.165) is 45.6 Å². The number of fused-ring (bicyclic) bond motifs is 10. The third-order valence-corrected chi connectivity index (χ3v) is 16.3. The van der Waals surface area contributed by atoms with Gasteiger partial charge in [0.05, 0.1) is 5.41 Å². The summed E-state index contributed by atoms with van der Waals surface area (Å²) in [6.45, 7) is 25.4. The number of hydrogen-bond acceptors (Lipinski definition) is 2. The monoisotopic (exact) mass is 623 g/mol. The van der Waals surface area contributed by atoms with Gasteiger partial charge in [0.2, 0.25) is 5.91 Å². The zero-order valence-electron chi connectivity index (χ0n) is 30.3. The van der Waals surface area contributed by atoms with Crippen LogP contribution in [0.1, 0.15) is 118 Å². The zero-order valence-corrected chi connectivity index (χ0v) is 30.3. The van der Waals surface area contributed by atoms with Gasteiger partial charge in [-0.2, -0.15) is 0 Å². The number of aromatic amines is 1. The number of rotatable bonds is 2. The first-order valence-corrected chi connectivity index (χ1v) is 19.0. The predicted octanol–water partition coefficient (Wildman–Crippen LogP) is 9.15. The molecule has 4 fully saturated rings. The molecule has 1 N–H and O–H groups in total. The minimum absolute atomic E-state index is 0.122. The molecule has 1 aliphatic heterocycles. The number of carbonyl (C=O) groups excluding carboxylic acids is 1. The van der Waals surface area contributed by atoms with Crippen molar-refractivity contribution in [2.75, 3.05) is 32.7 Å². The maximum atomic E-state index is 14.8. The second kappa shape index (κ2) is 9.99. The van der Waals surface area contributed by atoms with Gasteiger partial charge in [-0.3, -0.25) is 4.79 Å². The van der Waals surface area contributed by atoms with Crippen LogP contribution in [-0.4, -0.2) is 53.4 Å². The Balaban J connectivity index is 1.19. The highest BCUT2D eigenvalue weighted by Crippen LogP contribution is 2.75. The van der Waals surface area contributed by atoms with Gasteiger partial charge in [-0.05, 0) is 115 Å². The van der Waals surface area contributed by atoms with Crippen LogP contribution in [0.3, 0.4) is 0 Å². The van der Waals surface area contributed by atoms with E-state index in [-0.39, 0.29) is 32.5 Å². The van der Waals surface area contributed by atoms with E-state index in [1.807, 2.05) is 0 Å². The Morgan fingerprint density at radius 1 is 0.891 bits per heavy atom. The highest BCUT2D eigenvalue weighted by atomic mass is 16.2. The fraction of sp³-hybridized carbons (Fsp3) is 0.738. The van der Waals surface area contributed by atoms with E-state index in [1.54, 1.807) is 11.1 Å². The van der Waals surface area contributed by atoms with Gasteiger partial charge in [0.15, 0.2) is 0 Å². The van der Waals surface area contributed by atoms with Crippen molar-refractivity contribution in [2.24, 2.45) is 44.8 Å². The molecule has 0 unspecified atom stereocenters. The fourth-order valence-corrected chi connectivity index (χ4v) is 13.5. The third-order valence-electron chi connectivity index (χ3n) is 16.3. The van der Waals surface area contributed by atoms with Crippen molar-refractivity contribution < 1.29 is 4.79 Å². The van der Waals surface area contributed by atoms with Crippen molar-refractivity contribution >= 4 is 16.8 Å². The number of nitrogens with zero attached hydrogens (tertiary/aromatic N) is 2. The largest absolute Gasteiger partial charge is 0.358 e. The maximum Gasteiger partial charge on any atom is 0.229 e. The summed E-state index contributed by atoms with van der Waals surface area (Å²) < 4.78 is 0. The van der Waals surface area contributed by atoms with Crippen molar-refractivity contribution in [3.63, 3.8) is 0 Å². The molecule has 4 heteroatoms. The number of benzene rings is 1. The van der Waals surface area contributed by atoms with Crippen molar-refractivity contribution in [3.05, 3.63) is 47.2 Å². The number of amides is 1. The van der Waals surface area contributed by atoms with Crippen molar-refractivity contribution in [1.29, 1.82) is 0 Å². The molecular formula is C42H61N3O. The van der Waals surface area contributed by atoms with Gasteiger partial charge >= 0.3 is 0 Å². The Hall–Kier alpha value is -2.07. The first kappa shape index (κ1) is 31.2. The van der Waals surface area contributed by atoms with Gasteiger partial charge in [-0.15, -0.1) is 0 Å².